The van der Waals surface area contributed by atoms with Crippen LogP contribution >= 0.6 is 34.8 Å². The van der Waals surface area contributed by atoms with Gasteiger partial charge >= 0.3 is 0 Å². The fourth-order valence-electron chi connectivity index (χ4n) is 0.985. The Morgan fingerprint density at radius 3 is 2.81 bits per heavy atom. The van der Waals surface area contributed by atoms with Crippen LogP contribution < -0.4 is 5.32 Å². The highest BCUT2D eigenvalue weighted by atomic mass is 35.6. The third-order valence-corrected chi connectivity index (χ3v) is 2.20. The van der Waals surface area contributed by atoms with Gasteiger partial charge in [0.25, 0.3) is 3.79 Å². The summed E-state index contributed by atoms with van der Waals surface area (Å²) in [6.45, 7) is 0.568. The molecule has 2 N–H and O–H groups in total. The minimum atomic E-state index is -1.94. The van der Waals surface area contributed by atoms with E-state index >= 15 is 0 Å². The van der Waals surface area contributed by atoms with E-state index in [4.69, 9.17) is 34.8 Å². The molecule has 0 saturated heterocycles. The zero-order valence-corrected chi connectivity index (χ0v) is 10.7. The SMILES string of the molecule is CNCC#Cc1c[nH]c(C(=O)C(Cl)(Cl)Cl)c1. The molecule has 0 spiro atoms. The Kier molecular flexibility index (Phi) is 4.69. The van der Waals surface area contributed by atoms with Gasteiger partial charge in [-0.2, -0.15) is 0 Å². The second-order valence-corrected chi connectivity index (χ2v) is 5.24. The predicted octanol–water partition coefficient (Wildman–Crippen LogP) is 2.14. The van der Waals surface area contributed by atoms with E-state index in [2.05, 4.69) is 22.1 Å². The molecule has 0 atom stereocenters. The molecule has 16 heavy (non-hydrogen) atoms. The second kappa shape index (κ2) is 5.60. The zero-order valence-electron chi connectivity index (χ0n) is 8.40. The number of H-pyrrole nitrogens is 1. The van der Waals surface area contributed by atoms with E-state index in [1.165, 1.54) is 0 Å². The maximum Gasteiger partial charge on any atom is 0.254 e. The molecule has 0 aliphatic heterocycles. The van der Waals surface area contributed by atoms with Gasteiger partial charge in [0.05, 0.1) is 12.2 Å². The number of alkyl halides is 3. The van der Waals surface area contributed by atoms with Crippen molar-refractivity contribution < 1.29 is 4.79 Å². The Bertz CT molecular complexity index is 437. The molecule has 0 aromatic carbocycles. The number of carbonyl (C=O) groups is 1. The Morgan fingerprint density at radius 2 is 2.25 bits per heavy atom. The maximum atomic E-state index is 11.5. The van der Waals surface area contributed by atoms with E-state index in [9.17, 15) is 4.79 Å². The van der Waals surface area contributed by atoms with Crippen molar-refractivity contribution in [3.63, 3.8) is 0 Å². The van der Waals surface area contributed by atoms with E-state index < -0.39 is 9.58 Å². The molecule has 0 aliphatic rings. The van der Waals surface area contributed by atoms with Crippen LogP contribution in [0.1, 0.15) is 16.1 Å². The molecule has 1 aromatic rings. The number of halogens is 3. The summed E-state index contributed by atoms with van der Waals surface area (Å²) in [5.41, 5.74) is 0.904. The number of hydrogen-bond donors (Lipinski definition) is 2. The molecule has 0 amide bonds. The van der Waals surface area contributed by atoms with Gasteiger partial charge in [0.15, 0.2) is 0 Å². The quantitative estimate of drug-likeness (QED) is 0.495. The highest BCUT2D eigenvalue weighted by Crippen LogP contribution is 2.30. The number of Topliss-reactive ketones (excluding diaryl/α,β-unsaturated/α-hetero) is 1. The first-order valence-corrected chi connectivity index (χ1v) is 5.52. The number of hydrogen-bond acceptors (Lipinski definition) is 2. The van der Waals surface area contributed by atoms with Crippen LogP contribution in [0.3, 0.4) is 0 Å². The topological polar surface area (TPSA) is 44.9 Å². The molecule has 1 heterocycles. The summed E-state index contributed by atoms with van der Waals surface area (Å²) in [5, 5.41) is 2.88. The largest absolute Gasteiger partial charge is 0.357 e. The van der Waals surface area contributed by atoms with E-state index in [0.29, 0.717) is 12.1 Å². The highest BCUT2D eigenvalue weighted by molar-refractivity contribution is 6.77. The molecular formula is C10H9Cl3N2O. The van der Waals surface area contributed by atoms with Crippen molar-refractivity contribution in [2.45, 2.75) is 3.79 Å². The molecule has 0 saturated carbocycles. The average molecular weight is 280 g/mol. The lowest BCUT2D eigenvalue weighted by molar-refractivity contribution is 0.0992. The Hall–Kier alpha value is -0.660. The normalized spacial score (nSPS) is 10.8. The monoisotopic (exact) mass is 278 g/mol. The standard InChI is InChI=1S/C10H9Cl3N2O/c1-14-4-2-3-7-5-8(15-6-7)9(16)10(11,12)13/h5-6,14-15H,4H2,1H3. The molecule has 0 radical (unpaired) electrons. The van der Waals surface area contributed by atoms with Crippen LogP contribution in [0.25, 0.3) is 0 Å². The van der Waals surface area contributed by atoms with Crippen LogP contribution in [-0.2, 0) is 0 Å². The fraction of sp³-hybridized carbons (Fsp3) is 0.300. The highest BCUT2D eigenvalue weighted by Gasteiger charge is 2.32. The molecule has 0 aliphatic carbocycles. The fourth-order valence-corrected chi connectivity index (χ4v) is 1.29. The Balaban J connectivity index is 2.81. The summed E-state index contributed by atoms with van der Waals surface area (Å²) in [6, 6.07) is 1.55. The lowest BCUT2D eigenvalue weighted by Crippen LogP contribution is -2.19. The maximum absolute atomic E-state index is 11.5. The number of aromatic nitrogens is 1. The number of carbonyl (C=O) groups excluding carboxylic acids is 1. The van der Waals surface area contributed by atoms with Gasteiger partial charge in [0.1, 0.15) is 0 Å². The molecular weight excluding hydrogens is 270 g/mol. The second-order valence-electron chi connectivity index (χ2n) is 2.96. The van der Waals surface area contributed by atoms with E-state index in [1.807, 2.05) is 0 Å². The van der Waals surface area contributed by atoms with Crippen molar-refractivity contribution in [3.05, 3.63) is 23.5 Å². The van der Waals surface area contributed by atoms with Gasteiger partial charge in [0.2, 0.25) is 5.78 Å². The first kappa shape index (κ1) is 13.4. The van der Waals surface area contributed by atoms with Crippen molar-refractivity contribution in [2.75, 3.05) is 13.6 Å². The smallest absolute Gasteiger partial charge is 0.254 e. The third kappa shape index (κ3) is 3.73. The van der Waals surface area contributed by atoms with Crippen molar-refractivity contribution in [1.82, 2.24) is 10.3 Å². The third-order valence-electron chi connectivity index (χ3n) is 1.68. The first-order chi connectivity index (χ1) is 7.45. The molecule has 0 bridgehead atoms. The van der Waals surface area contributed by atoms with Crippen molar-refractivity contribution in [1.29, 1.82) is 0 Å². The van der Waals surface area contributed by atoms with E-state index in [-0.39, 0.29) is 5.69 Å². The summed E-state index contributed by atoms with van der Waals surface area (Å²) in [4.78, 5) is 14.2. The molecule has 0 unspecified atom stereocenters. The zero-order chi connectivity index (χ0) is 12.2. The number of ketones is 1. The van der Waals surface area contributed by atoms with Crippen LogP contribution in [0.4, 0.5) is 0 Å². The number of rotatable bonds is 2. The molecule has 86 valence electrons. The first-order valence-electron chi connectivity index (χ1n) is 4.38. The van der Waals surface area contributed by atoms with Crippen LogP contribution in [0, 0.1) is 11.8 Å². The lowest BCUT2D eigenvalue weighted by Gasteiger charge is -2.06. The summed E-state index contributed by atoms with van der Waals surface area (Å²) in [6.07, 6.45) is 1.59. The number of aromatic amines is 1. The van der Waals surface area contributed by atoms with E-state index in [1.54, 1.807) is 19.3 Å². The predicted molar refractivity (Wildman–Crippen MR) is 66.2 cm³/mol. The molecule has 1 aromatic heterocycles. The van der Waals surface area contributed by atoms with Crippen LogP contribution in [0.2, 0.25) is 0 Å². The number of nitrogens with one attached hydrogen (secondary N) is 2. The summed E-state index contributed by atoms with van der Waals surface area (Å²) in [5.74, 6) is 5.10. The van der Waals surface area contributed by atoms with Gasteiger partial charge in [-0.15, -0.1) is 0 Å². The minimum Gasteiger partial charge on any atom is -0.357 e. The van der Waals surface area contributed by atoms with Crippen molar-refractivity contribution in [2.24, 2.45) is 0 Å². The van der Waals surface area contributed by atoms with Gasteiger partial charge in [-0.05, 0) is 13.1 Å². The average Bonchev–Trinajstić information content (AvgIpc) is 2.64. The molecule has 0 fully saturated rings. The molecule has 1 rings (SSSR count). The van der Waals surface area contributed by atoms with Gasteiger partial charge in [-0.25, -0.2) is 0 Å². The molecule has 3 nitrogen and oxygen atoms in total. The van der Waals surface area contributed by atoms with Gasteiger partial charge < -0.3 is 10.3 Å². The molecule has 6 heteroatoms. The van der Waals surface area contributed by atoms with Crippen LogP contribution in [-0.4, -0.2) is 28.2 Å². The Labute approximate surface area is 108 Å². The van der Waals surface area contributed by atoms with Crippen molar-refractivity contribution in [3.8, 4) is 11.8 Å². The van der Waals surface area contributed by atoms with Crippen molar-refractivity contribution >= 4 is 40.6 Å². The minimum absolute atomic E-state index is 0.230. The van der Waals surface area contributed by atoms with E-state index in [0.717, 1.165) is 0 Å². The summed E-state index contributed by atoms with van der Waals surface area (Å²) < 4.78 is -1.94. The Morgan fingerprint density at radius 1 is 1.56 bits per heavy atom. The summed E-state index contributed by atoms with van der Waals surface area (Å²) >= 11 is 16.4. The van der Waals surface area contributed by atoms with Crippen LogP contribution in [0.5, 0.6) is 0 Å². The lowest BCUT2D eigenvalue weighted by atomic mass is 10.2. The van der Waals surface area contributed by atoms with Gasteiger partial charge in [-0.3, -0.25) is 4.79 Å². The van der Waals surface area contributed by atoms with Gasteiger partial charge in [-0.1, -0.05) is 46.6 Å². The summed E-state index contributed by atoms with van der Waals surface area (Å²) in [7, 11) is 1.80. The van der Waals surface area contributed by atoms with Gasteiger partial charge in [0, 0.05) is 11.8 Å². The van der Waals surface area contributed by atoms with Crippen LogP contribution in [0.15, 0.2) is 12.3 Å².